The van der Waals surface area contributed by atoms with Crippen molar-refractivity contribution in [2.75, 3.05) is 0 Å². The molecule has 1 aromatic rings. The zero-order valence-electron chi connectivity index (χ0n) is 12.4. The van der Waals surface area contributed by atoms with E-state index in [1.807, 2.05) is 0 Å². The topological polar surface area (TPSA) is 34.1 Å². The van der Waals surface area contributed by atoms with E-state index in [0.717, 1.165) is 17.2 Å². The summed E-state index contributed by atoms with van der Waals surface area (Å²) < 4.78 is 5.77. The highest BCUT2D eigenvalue weighted by molar-refractivity contribution is 7.09. The van der Waals surface area contributed by atoms with Gasteiger partial charge in [-0.3, -0.25) is 0 Å². The van der Waals surface area contributed by atoms with Crippen molar-refractivity contribution in [2.45, 2.75) is 66.3 Å². The molecule has 0 bridgehead atoms. The largest absolute Gasteiger partial charge is 0.372 e. The van der Waals surface area contributed by atoms with Crippen LogP contribution in [0, 0.1) is 5.92 Å². The second kappa shape index (κ2) is 6.64. The standard InChI is InChI=1S/C14H26N2OS/c1-10(2)11(3)17-8-12-9-18-13(16-12)7-15-14(4,5)6/h9-11,15H,7-8H2,1-6H3. The summed E-state index contributed by atoms with van der Waals surface area (Å²) >= 11 is 1.70. The Balaban J connectivity index is 2.39. The lowest BCUT2D eigenvalue weighted by molar-refractivity contribution is 0.0220. The van der Waals surface area contributed by atoms with Gasteiger partial charge in [0.05, 0.1) is 18.4 Å². The molecule has 0 aliphatic heterocycles. The highest BCUT2D eigenvalue weighted by Gasteiger charge is 2.11. The van der Waals surface area contributed by atoms with Crippen LogP contribution in [0.2, 0.25) is 0 Å². The first-order chi connectivity index (χ1) is 8.28. The highest BCUT2D eigenvalue weighted by atomic mass is 32.1. The van der Waals surface area contributed by atoms with Gasteiger partial charge >= 0.3 is 0 Å². The number of ether oxygens (including phenoxy) is 1. The lowest BCUT2D eigenvalue weighted by Gasteiger charge is -2.19. The third-order valence-electron chi connectivity index (χ3n) is 2.80. The van der Waals surface area contributed by atoms with Crippen LogP contribution in [0.3, 0.4) is 0 Å². The maximum absolute atomic E-state index is 5.77. The molecular weight excluding hydrogens is 244 g/mol. The van der Waals surface area contributed by atoms with Crippen molar-refractivity contribution in [1.82, 2.24) is 10.3 Å². The summed E-state index contributed by atoms with van der Waals surface area (Å²) in [6.45, 7) is 14.4. The molecule has 1 N–H and O–H groups in total. The summed E-state index contributed by atoms with van der Waals surface area (Å²) in [7, 11) is 0. The molecule has 0 saturated carbocycles. The normalized spacial score (nSPS) is 14.2. The molecule has 104 valence electrons. The number of hydrogen-bond acceptors (Lipinski definition) is 4. The molecule has 0 spiro atoms. The molecule has 3 nitrogen and oxygen atoms in total. The van der Waals surface area contributed by atoms with Crippen LogP contribution in [-0.2, 0) is 17.9 Å². The number of aromatic nitrogens is 1. The summed E-state index contributed by atoms with van der Waals surface area (Å²) in [4.78, 5) is 4.58. The Kier molecular flexibility index (Phi) is 5.76. The summed E-state index contributed by atoms with van der Waals surface area (Å²) in [5, 5.41) is 6.66. The Bertz CT molecular complexity index is 355. The van der Waals surface area contributed by atoms with Crippen molar-refractivity contribution in [2.24, 2.45) is 5.92 Å². The highest BCUT2D eigenvalue weighted by Crippen LogP contribution is 2.14. The number of rotatable bonds is 6. The maximum Gasteiger partial charge on any atom is 0.107 e. The quantitative estimate of drug-likeness (QED) is 0.857. The van der Waals surface area contributed by atoms with Crippen molar-refractivity contribution in [3.05, 3.63) is 16.1 Å². The minimum Gasteiger partial charge on any atom is -0.372 e. The second-order valence-corrected chi connectivity index (χ2v) is 7.04. The fourth-order valence-electron chi connectivity index (χ4n) is 1.25. The number of thiazole rings is 1. The van der Waals surface area contributed by atoms with Gasteiger partial charge in [0.1, 0.15) is 5.01 Å². The number of nitrogens with one attached hydrogen (secondary N) is 1. The van der Waals surface area contributed by atoms with Crippen LogP contribution in [0.25, 0.3) is 0 Å². The van der Waals surface area contributed by atoms with Gasteiger partial charge in [0.2, 0.25) is 0 Å². The van der Waals surface area contributed by atoms with Crippen LogP contribution in [0.1, 0.15) is 52.2 Å². The minimum absolute atomic E-state index is 0.133. The van der Waals surface area contributed by atoms with Crippen LogP contribution in [0.5, 0.6) is 0 Å². The van der Waals surface area contributed by atoms with Gasteiger partial charge in [-0.15, -0.1) is 11.3 Å². The zero-order valence-corrected chi connectivity index (χ0v) is 13.2. The Morgan fingerprint density at radius 1 is 1.33 bits per heavy atom. The van der Waals surface area contributed by atoms with E-state index in [9.17, 15) is 0 Å². The smallest absolute Gasteiger partial charge is 0.107 e. The number of hydrogen-bond donors (Lipinski definition) is 1. The summed E-state index contributed by atoms with van der Waals surface area (Å²) in [5.74, 6) is 0.547. The fourth-order valence-corrected chi connectivity index (χ4v) is 1.96. The molecule has 1 aromatic heterocycles. The summed E-state index contributed by atoms with van der Waals surface area (Å²) in [6.07, 6.45) is 0.280. The van der Waals surface area contributed by atoms with E-state index in [1.165, 1.54) is 0 Å². The monoisotopic (exact) mass is 270 g/mol. The van der Waals surface area contributed by atoms with E-state index in [2.05, 4.69) is 57.2 Å². The molecule has 0 amide bonds. The van der Waals surface area contributed by atoms with E-state index in [0.29, 0.717) is 12.5 Å². The Hall–Kier alpha value is -0.450. The Morgan fingerprint density at radius 3 is 2.56 bits per heavy atom. The predicted octanol–water partition coefficient (Wildman–Crippen LogP) is 3.59. The minimum atomic E-state index is 0.133. The van der Waals surface area contributed by atoms with Gasteiger partial charge < -0.3 is 10.1 Å². The van der Waals surface area contributed by atoms with Crippen LogP contribution in [0.4, 0.5) is 0 Å². The van der Waals surface area contributed by atoms with Gasteiger partial charge in [-0.25, -0.2) is 4.98 Å². The molecule has 0 aliphatic carbocycles. The number of nitrogens with zero attached hydrogens (tertiary/aromatic N) is 1. The van der Waals surface area contributed by atoms with Crippen LogP contribution < -0.4 is 5.32 Å². The zero-order chi connectivity index (χ0) is 13.8. The second-order valence-electron chi connectivity index (χ2n) is 6.10. The first-order valence-electron chi connectivity index (χ1n) is 6.58. The molecule has 1 atom stereocenters. The molecule has 0 fully saturated rings. The predicted molar refractivity (Wildman–Crippen MR) is 77.8 cm³/mol. The molecule has 1 heterocycles. The average Bonchev–Trinajstić information content (AvgIpc) is 2.70. The summed E-state index contributed by atoms with van der Waals surface area (Å²) in [5.41, 5.74) is 1.17. The maximum atomic E-state index is 5.77. The molecule has 18 heavy (non-hydrogen) atoms. The van der Waals surface area contributed by atoms with Gasteiger partial charge in [-0.05, 0) is 33.6 Å². The van der Waals surface area contributed by atoms with E-state index in [-0.39, 0.29) is 11.6 Å². The van der Waals surface area contributed by atoms with Crippen molar-refractivity contribution in [3.63, 3.8) is 0 Å². The lowest BCUT2D eigenvalue weighted by atomic mass is 10.1. The van der Waals surface area contributed by atoms with E-state index in [4.69, 9.17) is 4.74 Å². The molecule has 1 unspecified atom stereocenters. The van der Waals surface area contributed by atoms with Gasteiger partial charge in [0, 0.05) is 17.5 Å². The van der Waals surface area contributed by atoms with Crippen molar-refractivity contribution in [3.8, 4) is 0 Å². The first kappa shape index (κ1) is 15.6. The van der Waals surface area contributed by atoms with Gasteiger partial charge in [0.25, 0.3) is 0 Å². The molecule has 0 aliphatic rings. The lowest BCUT2D eigenvalue weighted by Crippen LogP contribution is -2.35. The molecule has 1 rings (SSSR count). The van der Waals surface area contributed by atoms with Crippen molar-refractivity contribution in [1.29, 1.82) is 0 Å². The summed E-state index contributed by atoms with van der Waals surface area (Å²) in [6, 6.07) is 0. The van der Waals surface area contributed by atoms with E-state index < -0.39 is 0 Å². The van der Waals surface area contributed by atoms with Gasteiger partial charge in [0.15, 0.2) is 0 Å². The van der Waals surface area contributed by atoms with Gasteiger partial charge in [-0.1, -0.05) is 13.8 Å². The molecule has 0 radical (unpaired) electrons. The van der Waals surface area contributed by atoms with E-state index in [1.54, 1.807) is 11.3 Å². The Labute approximate surface area is 115 Å². The van der Waals surface area contributed by atoms with Crippen molar-refractivity contribution >= 4 is 11.3 Å². The van der Waals surface area contributed by atoms with Crippen LogP contribution >= 0.6 is 11.3 Å². The molecule has 0 saturated heterocycles. The molecule has 4 heteroatoms. The Morgan fingerprint density at radius 2 is 2.00 bits per heavy atom. The van der Waals surface area contributed by atoms with E-state index >= 15 is 0 Å². The van der Waals surface area contributed by atoms with Crippen LogP contribution in [0.15, 0.2) is 5.38 Å². The third-order valence-corrected chi connectivity index (χ3v) is 3.70. The van der Waals surface area contributed by atoms with Crippen LogP contribution in [-0.4, -0.2) is 16.6 Å². The molecular formula is C14H26N2OS. The van der Waals surface area contributed by atoms with Crippen molar-refractivity contribution < 1.29 is 4.74 Å². The third kappa shape index (κ3) is 5.94. The average molecular weight is 270 g/mol. The van der Waals surface area contributed by atoms with Gasteiger partial charge in [-0.2, -0.15) is 0 Å². The first-order valence-corrected chi connectivity index (χ1v) is 7.46. The fraction of sp³-hybridized carbons (Fsp3) is 0.786. The molecule has 0 aromatic carbocycles. The SMILES string of the molecule is CC(C)C(C)OCc1csc(CNC(C)(C)C)n1.